The van der Waals surface area contributed by atoms with Crippen molar-refractivity contribution in [2.45, 2.75) is 110 Å². The Kier molecular flexibility index (Phi) is 14.4. The zero-order valence-electron chi connectivity index (χ0n) is 25.1. The highest BCUT2D eigenvalue weighted by Crippen LogP contribution is 2.32. The van der Waals surface area contributed by atoms with Crippen molar-refractivity contribution in [2.24, 2.45) is 11.1 Å². The van der Waals surface area contributed by atoms with E-state index in [2.05, 4.69) is 74.2 Å². The van der Waals surface area contributed by atoms with Crippen molar-refractivity contribution >= 4 is 15.8 Å². The molecule has 0 bridgehead atoms. The maximum Gasteiger partial charge on any atom is 0.169 e. The number of hydrogen-bond acceptors (Lipinski definition) is 4. The summed E-state index contributed by atoms with van der Waals surface area (Å²) < 4.78 is 33.5. The Morgan fingerprint density at radius 3 is 1.98 bits per heavy atom. The highest BCUT2D eigenvalue weighted by Gasteiger charge is 2.20. The fourth-order valence-corrected chi connectivity index (χ4v) is 5.14. The number of unbranched alkanes of at least 4 members (excludes halogenated alkanes) is 9. The third-order valence-electron chi connectivity index (χ3n) is 7.38. The van der Waals surface area contributed by atoms with Crippen LogP contribution < -0.4 is 10.3 Å². The van der Waals surface area contributed by atoms with Crippen LogP contribution in [0.2, 0.25) is 0 Å². The third-order valence-corrected chi connectivity index (χ3v) is 8.23. The van der Waals surface area contributed by atoms with Crippen LogP contribution in [-0.4, -0.2) is 13.0 Å². The first kappa shape index (κ1) is 33.5. The number of aromatic nitrogens is 1. The van der Waals surface area contributed by atoms with E-state index in [9.17, 15) is 13.0 Å². The molecule has 0 amide bonds. The van der Waals surface area contributed by atoms with Crippen LogP contribution in [0.1, 0.15) is 103 Å². The minimum Gasteiger partial charge on any atom is -0.744 e. The van der Waals surface area contributed by atoms with Crippen molar-refractivity contribution in [1.29, 1.82) is 0 Å². The maximum atomic E-state index is 10.4. The summed E-state index contributed by atoms with van der Waals surface area (Å²) in [6, 6.07) is 10.1. The van der Waals surface area contributed by atoms with Gasteiger partial charge in [-0.3, -0.25) is 0 Å². The van der Waals surface area contributed by atoms with Gasteiger partial charge in [-0.05, 0) is 38.8 Å². The fourth-order valence-electron chi connectivity index (χ4n) is 4.67. The minimum absolute atomic E-state index is 0.0193. The van der Waals surface area contributed by atoms with Gasteiger partial charge in [-0.15, -0.1) is 0 Å². The number of allylic oxidation sites excluding steroid dienone is 5. The minimum atomic E-state index is -4.27. The van der Waals surface area contributed by atoms with Gasteiger partial charge in [0.25, 0.3) is 0 Å². The van der Waals surface area contributed by atoms with E-state index in [1.165, 1.54) is 81.9 Å². The second-order valence-electron chi connectivity index (χ2n) is 11.4. The average Bonchev–Trinajstić information content (AvgIpc) is 2.92. The highest BCUT2D eigenvalue weighted by molar-refractivity contribution is 7.85. The monoisotopic (exact) mass is 566 g/mol. The van der Waals surface area contributed by atoms with E-state index in [0.29, 0.717) is 0 Å². The van der Waals surface area contributed by atoms with Crippen LogP contribution in [0.5, 0.6) is 0 Å². The van der Waals surface area contributed by atoms with Crippen molar-refractivity contribution in [3.63, 3.8) is 0 Å². The molecule has 3 rings (SSSR count). The molecule has 40 heavy (non-hydrogen) atoms. The smallest absolute Gasteiger partial charge is 0.169 e. The van der Waals surface area contributed by atoms with Gasteiger partial charge in [0, 0.05) is 35.2 Å². The van der Waals surface area contributed by atoms with Gasteiger partial charge in [0.15, 0.2) is 12.4 Å². The van der Waals surface area contributed by atoms with Crippen molar-refractivity contribution < 1.29 is 17.5 Å². The Hall–Kier alpha value is -2.70. The van der Waals surface area contributed by atoms with Crippen LogP contribution in [-0.2, 0) is 16.7 Å². The lowest BCUT2D eigenvalue weighted by Crippen LogP contribution is -2.32. The van der Waals surface area contributed by atoms with E-state index < -0.39 is 10.1 Å². The number of hydrogen-bond donors (Lipinski definition) is 1. The van der Waals surface area contributed by atoms with Gasteiger partial charge in [0.1, 0.15) is 16.7 Å². The summed E-state index contributed by atoms with van der Waals surface area (Å²) in [5.74, 6) is 0. The lowest BCUT2D eigenvalue weighted by molar-refractivity contribution is -0.697. The first-order valence-electron chi connectivity index (χ1n) is 14.9. The largest absolute Gasteiger partial charge is 0.744 e. The van der Waals surface area contributed by atoms with Crippen LogP contribution in [0, 0.1) is 12.3 Å². The Balaban J connectivity index is 0.000000425. The summed E-state index contributed by atoms with van der Waals surface area (Å²) in [5, 5.41) is 0. The lowest BCUT2D eigenvalue weighted by Gasteiger charge is -2.24. The number of nitrogens with two attached hydrogens (primary N) is 1. The van der Waals surface area contributed by atoms with Crippen LogP contribution in [0.15, 0.2) is 83.6 Å². The summed E-state index contributed by atoms with van der Waals surface area (Å²) in [5.41, 5.74) is 10.7. The van der Waals surface area contributed by atoms with E-state index in [1.807, 2.05) is 6.92 Å². The average molecular weight is 567 g/mol. The van der Waals surface area contributed by atoms with E-state index >= 15 is 0 Å². The zero-order chi connectivity index (χ0) is 29.4. The molecule has 0 spiro atoms. The second kappa shape index (κ2) is 17.2. The second-order valence-corrected chi connectivity index (χ2v) is 12.7. The molecule has 1 aromatic carbocycles. The molecule has 1 unspecified atom stereocenters. The molecule has 1 aliphatic rings. The SMILES string of the molecule is CCCCCCCCCCCC[n+]1ccc(C(N)=CC2(C)C=CC(C)=CC2)cc1.Cc1ccc(S(=O)(=O)[O-])cc1. The van der Waals surface area contributed by atoms with E-state index in [0.717, 1.165) is 29.8 Å². The molecule has 220 valence electrons. The first-order chi connectivity index (χ1) is 19.0. The quantitative estimate of drug-likeness (QED) is 0.143. The standard InChI is InChI=1S/C27H43N2.C7H8O3S/c1-4-5-6-7-8-9-10-11-12-13-20-29-21-16-25(17-22-29)26(28)23-27(3)18-14-24(2)15-19-27;1-6-2-4-7(5-3-6)11(8,9)10/h14-18,21-23H,4-13,19-20,28H2,1-3H3;2-5H,1H3,(H,8,9,10)/q+1;/p-1. The fraction of sp³-hybridized carbons (Fsp3) is 0.500. The Labute approximate surface area is 243 Å². The van der Waals surface area contributed by atoms with Gasteiger partial charge in [0.2, 0.25) is 0 Å². The molecule has 1 heterocycles. The van der Waals surface area contributed by atoms with Gasteiger partial charge in [-0.25, -0.2) is 13.0 Å². The molecule has 1 atom stereocenters. The molecule has 0 fully saturated rings. The van der Waals surface area contributed by atoms with Crippen molar-refractivity contribution in [3.05, 3.63) is 89.8 Å². The summed E-state index contributed by atoms with van der Waals surface area (Å²) in [7, 11) is -4.27. The van der Waals surface area contributed by atoms with Crippen molar-refractivity contribution in [2.75, 3.05) is 0 Å². The van der Waals surface area contributed by atoms with Crippen molar-refractivity contribution in [3.8, 4) is 0 Å². The number of benzene rings is 1. The molecular formula is C34H50N2O3S. The van der Waals surface area contributed by atoms with Gasteiger partial charge >= 0.3 is 0 Å². The topological polar surface area (TPSA) is 87.1 Å². The van der Waals surface area contributed by atoms with E-state index in [-0.39, 0.29) is 10.3 Å². The molecule has 0 saturated carbocycles. The number of aryl methyl sites for hydroxylation is 2. The zero-order valence-corrected chi connectivity index (χ0v) is 25.9. The Morgan fingerprint density at radius 1 is 0.925 bits per heavy atom. The first-order valence-corrected chi connectivity index (χ1v) is 16.3. The van der Waals surface area contributed by atoms with E-state index in [1.54, 1.807) is 12.1 Å². The van der Waals surface area contributed by atoms with Crippen LogP contribution in [0.25, 0.3) is 5.70 Å². The molecular weight excluding hydrogens is 516 g/mol. The lowest BCUT2D eigenvalue weighted by atomic mass is 9.81. The highest BCUT2D eigenvalue weighted by atomic mass is 32.2. The summed E-state index contributed by atoms with van der Waals surface area (Å²) in [4.78, 5) is -0.178. The molecule has 2 N–H and O–H groups in total. The Morgan fingerprint density at radius 2 is 1.48 bits per heavy atom. The van der Waals surface area contributed by atoms with Crippen molar-refractivity contribution in [1.82, 2.24) is 0 Å². The van der Waals surface area contributed by atoms with Crippen LogP contribution in [0.4, 0.5) is 0 Å². The third kappa shape index (κ3) is 13.1. The maximum absolute atomic E-state index is 10.4. The molecule has 1 aliphatic carbocycles. The molecule has 0 aliphatic heterocycles. The summed E-state index contributed by atoms with van der Waals surface area (Å²) >= 11 is 0. The number of nitrogens with zero attached hydrogens (tertiary/aromatic N) is 1. The molecule has 2 aromatic rings. The normalized spacial score (nSPS) is 17.2. The van der Waals surface area contributed by atoms with Crippen LogP contribution >= 0.6 is 0 Å². The molecule has 5 nitrogen and oxygen atoms in total. The number of rotatable bonds is 14. The van der Waals surface area contributed by atoms with Gasteiger partial charge in [-0.2, -0.15) is 0 Å². The molecule has 6 heteroatoms. The van der Waals surface area contributed by atoms with Gasteiger partial charge < -0.3 is 10.3 Å². The Bertz CT molecular complexity index is 1210. The van der Waals surface area contributed by atoms with Gasteiger partial charge in [0.05, 0.1) is 4.90 Å². The van der Waals surface area contributed by atoms with E-state index in [4.69, 9.17) is 5.73 Å². The predicted octanol–water partition coefficient (Wildman–Crippen LogP) is 8.01. The van der Waals surface area contributed by atoms with Crippen LogP contribution in [0.3, 0.4) is 0 Å². The predicted molar refractivity (Wildman–Crippen MR) is 165 cm³/mol. The summed E-state index contributed by atoms with van der Waals surface area (Å²) in [6.07, 6.45) is 28.1. The molecule has 1 aromatic heterocycles. The molecule has 0 saturated heterocycles. The number of pyridine rings is 1. The van der Waals surface area contributed by atoms with Gasteiger partial charge in [-0.1, -0.05) is 113 Å². The summed E-state index contributed by atoms with van der Waals surface area (Å²) in [6.45, 7) is 9.60. The molecule has 0 radical (unpaired) electrons.